The molecule has 0 amide bonds. The van der Waals surface area contributed by atoms with Crippen LogP contribution in [0.3, 0.4) is 0 Å². The zero-order valence-electron chi connectivity index (χ0n) is 15.3. The minimum absolute atomic E-state index is 0.213. The van der Waals surface area contributed by atoms with Gasteiger partial charge in [0.2, 0.25) is 0 Å². The number of carboxylic acid groups (broad SMARTS) is 1. The molecule has 4 aromatic rings. The number of methoxy groups -OCH3 is 1. The minimum atomic E-state index is -0.994. The summed E-state index contributed by atoms with van der Waals surface area (Å²) < 4.78 is 11.4. The number of fused-ring (bicyclic) bond motifs is 1. The molecule has 1 N–H and O–H groups in total. The van der Waals surface area contributed by atoms with E-state index in [4.69, 9.17) is 20.8 Å². The molecule has 0 saturated carbocycles. The van der Waals surface area contributed by atoms with Gasteiger partial charge in [-0.05, 0) is 66.6 Å². The van der Waals surface area contributed by atoms with Crippen LogP contribution in [0.2, 0.25) is 5.02 Å². The van der Waals surface area contributed by atoms with Crippen molar-refractivity contribution in [2.75, 3.05) is 7.11 Å². The van der Waals surface area contributed by atoms with Gasteiger partial charge in [0.25, 0.3) is 0 Å². The Bertz CT molecular complexity index is 1170. The average molecular weight is 393 g/mol. The van der Waals surface area contributed by atoms with Gasteiger partial charge in [-0.25, -0.2) is 4.79 Å². The Balaban J connectivity index is 2.08. The number of aromatic carboxylic acids is 1. The molecule has 0 aliphatic carbocycles. The van der Waals surface area contributed by atoms with Crippen molar-refractivity contribution >= 4 is 28.5 Å². The maximum absolute atomic E-state index is 12.0. The summed E-state index contributed by atoms with van der Waals surface area (Å²) in [4.78, 5) is 12.0. The van der Waals surface area contributed by atoms with Crippen molar-refractivity contribution in [1.29, 1.82) is 0 Å². The highest BCUT2D eigenvalue weighted by Crippen LogP contribution is 2.43. The molecule has 0 bridgehead atoms. The van der Waals surface area contributed by atoms with Crippen molar-refractivity contribution in [2.24, 2.45) is 0 Å². The molecule has 4 nitrogen and oxygen atoms in total. The summed E-state index contributed by atoms with van der Waals surface area (Å²) >= 11 is 6.03. The highest BCUT2D eigenvalue weighted by Gasteiger charge is 2.23. The molecule has 0 atom stereocenters. The Morgan fingerprint density at radius 1 is 1.00 bits per heavy atom. The van der Waals surface area contributed by atoms with Gasteiger partial charge in [0.05, 0.1) is 12.7 Å². The van der Waals surface area contributed by atoms with E-state index in [1.54, 1.807) is 25.3 Å². The summed E-state index contributed by atoms with van der Waals surface area (Å²) in [5, 5.41) is 11.0. The van der Waals surface area contributed by atoms with Crippen molar-refractivity contribution in [1.82, 2.24) is 0 Å². The second-order valence-corrected chi connectivity index (χ2v) is 6.97. The lowest BCUT2D eigenvalue weighted by Crippen LogP contribution is -1.98. The van der Waals surface area contributed by atoms with Crippen LogP contribution in [0, 0.1) is 6.92 Å². The number of aryl methyl sites for hydroxylation is 1. The van der Waals surface area contributed by atoms with Crippen molar-refractivity contribution in [3.63, 3.8) is 0 Å². The van der Waals surface area contributed by atoms with Gasteiger partial charge in [-0.15, -0.1) is 0 Å². The van der Waals surface area contributed by atoms with E-state index in [1.165, 1.54) is 0 Å². The second kappa shape index (κ2) is 7.06. The summed E-state index contributed by atoms with van der Waals surface area (Å²) in [6.45, 7) is 1.85. The van der Waals surface area contributed by atoms with Gasteiger partial charge in [-0.1, -0.05) is 23.7 Å². The molecule has 0 saturated heterocycles. The molecule has 0 spiro atoms. The van der Waals surface area contributed by atoms with E-state index in [-0.39, 0.29) is 5.56 Å². The summed E-state index contributed by atoms with van der Waals surface area (Å²) in [6.07, 6.45) is 0. The number of carboxylic acids is 1. The maximum Gasteiger partial charge on any atom is 0.336 e. The summed E-state index contributed by atoms with van der Waals surface area (Å²) in [5.74, 6) is 0.329. The monoisotopic (exact) mass is 392 g/mol. The molecule has 0 fully saturated rings. The normalized spacial score (nSPS) is 11.0. The minimum Gasteiger partial charge on any atom is -0.497 e. The fourth-order valence-corrected chi connectivity index (χ4v) is 3.50. The summed E-state index contributed by atoms with van der Waals surface area (Å²) in [5.41, 5.74) is 3.97. The number of halogens is 1. The van der Waals surface area contributed by atoms with Crippen LogP contribution in [0.25, 0.3) is 33.4 Å². The highest BCUT2D eigenvalue weighted by atomic mass is 35.5. The van der Waals surface area contributed by atoms with Gasteiger partial charge >= 0.3 is 5.97 Å². The van der Waals surface area contributed by atoms with Crippen LogP contribution >= 0.6 is 11.6 Å². The topological polar surface area (TPSA) is 59.7 Å². The standard InChI is InChI=1S/C23H17ClO4/c1-13-11-18(23(25)26)21-19(12-13)28-22(15-3-7-16(24)8-4-15)20(21)14-5-9-17(27-2)10-6-14/h3-12H,1-2H3,(H,25,26). The molecule has 0 radical (unpaired) electrons. The molecule has 0 aliphatic rings. The third-order valence-electron chi connectivity index (χ3n) is 4.65. The number of hydrogen-bond acceptors (Lipinski definition) is 3. The van der Waals surface area contributed by atoms with Crippen LogP contribution in [0.4, 0.5) is 0 Å². The Labute approximate surface area is 166 Å². The van der Waals surface area contributed by atoms with E-state index in [0.717, 1.165) is 28.0 Å². The third kappa shape index (κ3) is 3.12. The number of benzene rings is 3. The van der Waals surface area contributed by atoms with E-state index in [1.807, 2.05) is 49.4 Å². The SMILES string of the molecule is COc1ccc(-c2c(-c3ccc(Cl)cc3)oc3cc(C)cc(C(=O)O)c23)cc1. The molecular formula is C23H17ClO4. The van der Waals surface area contributed by atoms with Crippen molar-refractivity contribution in [2.45, 2.75) is 6.92 Å². The smallest absolute Gasteiger partial charge is 0.336 e. The number of hydrogen-bond donors (Lipinski definition) is 1. The van der Waals surface area contributed by atoms with E-state index in [9.17, 15) is 9.90 Å². The molecule has 28 heavy (non-hydrogen) atoms. The van der Waals surface area contributed by atoms with Gasteiger partial charge in [0.15, 0.2) is 0 Å². The van der Waals surface area contributed by atoms with Gasteiger partial charge in [0, 0.05) is 21.5 Å². The maximum atomic E-state index is 12.0. The zero-order valence-corrected chi connectivity index (χ0v) is 16.1. The highest BCUT2D eigenvalue weighted by molar-refractivity contribution is 6.30. The molecule has 0 unspecified atom stereocenters. The van der Waals surface area contributed by atoms with E-state index in [2.05, 4.69) is 0 Å². The van der Waals surface area contributed by atoms with Crippen LogP contribution in [-0.4, -0.2) is 18.2 Å². The van der Waals surface area contributed by atoms with E-state index in [0.29, 0.717) is 21.8 Å². The summed E-state index contributed by atoms with van der Waals surface area (Å²) in [7, 11) is 1.60. The van der Waals surface area contributed by atoms with Crippen molar-refractivity contribution < 1.29 is 19.1 Å². The molecule has 140 valence electrons. The Morgan fingerprint density at radius 2 is 1.64 bits per heavy atom. The lowest BCUT2D eigenvalue weighted by atomic mass is 9.95. The first-order valence-electron chi connectivity index (χ1n) is 8.68. The number of ether oxygens (including phenoxy) is 1. The molecule has 1 heterocycles. The summed E-state index contributed by atoms with van der Waals surface area (Å²) in [6, 6.07) is 18.3. The second-order valence-electron chi connectivity index (χ2n) is 6.53. The largest absolute Gasteiger partial charge is 0.497 e. The van der Waals surface area contributed by atoms with Crippen LogP contribution in [0.15, 0.2) is 65.1 Å². The molecule has 0 aliphatic heterocycles. The molecule has 3 aromatic carbocycles. The van der Waals surface area contributed by atoms with Crippen LogP contribution < -0.4 is 4.74 Å². The fourth-order valence-electron chi connectivity index (χ4n) is 3.37. The number of carbonyl (C=O) groups is 1. The third-order valence-corrected chi connectivity index (χ3v) is 4.90. The van der Waals surface area contributed by atoms with Crippen LogP contribution in [-0.2, 0) is 0 Å². The average Bonchev–Trinajstić information content (AvgIpc) is 3.06. The zero-order chi connectivity index (χ0) is 19.8. The van der Waals surface area contributed by atoms with E-state index >= 15 is 0 Å². The molecule has 1 aromatic heterocycles. The first-order chi connectivity index (χ1) is 13.5. The number of furan rings is 1. The lowest BCUT2D eigenvalue weighted by molar-refractivity contribution is 0.0699. The predicted molar refractivity (Wildman–Crippen MR) is 110 cm³/mol. The Kier molecular flexibility index (Phi) is 4.57. The Morgan fingerprint density at radius 3 is 2.25 bits per heavy atom. The van der Waals surface area contributed by atoms with E-state index < -0.39 is 5.97 Å². The van der Waals surface area contributed by atoms with Crippen LogP contribution in [0.1, 0.15) is 15.9 Å². The quantitative estimate of drug-likeness (QED) is 0.434. The van der Waals surface area contributed by atoms with Gasteiger partial charge in [-0.2, -0.15) is 0 Å². The molecule has 4 rings (SSSR count). The van der Waals surface area contributed by atoms with Gasteiger partial charge < -0.3 is 14.3 Å². The fraction of sp³-hybridized carbons (Fsp3) is 0.0870. The van der Waals surface area contributed by atoms with Crippen LogP contribution in [0.5, 0.6) is 5.75 Å². The van der Waals surface area contributed by atoms with Crippen molar-refractivity contribution in [3.05, 3.63) is 76.8 Å². The molecule has 5 heteroatoms. The molecular weight excluding hydrogens is 376 g/mol. The first-order valence-corrected chi connectivity index (χ1v) is 9.06. The predicted octanol–water partition coefficient (Wildman–Crippen LogP) is 6.44. The Hall–Kier alpha value is -3.24. The van der Waals surface area contributed by atoms with Gasteiger partial charge in [-0.3, -0.25) is 0 Å². The van der Waals surface area contributed by atoms with Gasteiger partial charge in [0.1, 0.15) is 17.1 Å². The lowest BCUT2D eigenvalue weighted by Gasteiger charge is -2.07. The van der Waals surface area contributed by atoms with Crippen molar-refractivity contribution in [3.8, 4) is 28.2 Å². The number of rotatable bonds is 4. The first kappa shape index (κ1) is 18.1.